The lowest BCUT2D eigenvalue weighted by atomic mass is 10.2. The number of hydrogen-bond donors (Lipinski definition) is 1. The van der Waals surface area contributed by atoms with Crippen molar-refractivity contribution >= 4 is 34.6 Å². The number of nitrogens with one attached hydrogen (secondary N) is 1. The molecule has 1 N–H and O–H groups in total. The van der Waals surface area contributed by atoms with Gasteiger partial charge in [0.1, 0.15) is 0 Å². The molecule has 1 heterocycles. The molecule has 2 aromatic carbocycles. The molecule has 0 saturated carbocycles. The Morgan fingerprint density at radius 2 is 1.82 bits per heavy atom. The summed E-state index contributed by atoms with van der Waals surface area (Å²) in [6.07, 6.45) is 1.50. The number of hydrogen-bond acceptors (Lipinski definition) is 3. The summed E-state index contributed by atoms with van der Waals surface area (Å²) in [6.45, 7) is 0. The molecule has 22 heavy (non-hydrogen) atoms. The minimum Gasteiger partial charge on any atom is -0.300 e. The maximum absolute atomic E-state index is 13.2. The molecule has 0 spiro atoms. The lowest BCUT2D eigenvalue weighted by Crippen LogP contribution is -2.19. The Bertz CT molecular complexity index is 788. The summed E-state index contributed by atoms with van der Waals surface area (Å²) in [7, 11) is 0. The number of carbonyl (C=O) groups excluding carboxylic acids is 1. The molecule has 0 atom stereocenters. The number of aliphatic imine (C=N–C) groups is 1. The van der Waals surface area contributed by atoms with Crippen LogP contribution in [0.5, 0.6) is 0 Å². The third kappa shape index (κ3) is 3.23. The summed E-state index contributed by atoms with van der Waals surface area (Å²) in [5.41, 5.74) is 1.14. The van der Waals surface area contributed by atoms with Crippen molar-refractivity contribution in [3.63, 3.8) is 0 Å². The summed E-state index contributed by atoms with van der Waals surface area (Å²) in [5, 5.41) is 3.09. The fourth-order valence-corrected chi connectivity index (χ4v) is 2.70. The maximum Gasteiger partial charge on any atom is 0.264 e. The van der Waals surface area contributed by atoms with E-state index in [4.69, 9.17) is 0 Å². The molecule has 1 amide bonds. The van der Waals surface area contributed by atoms with Gasteiger partial charge < -0.3 is 5.32 Å². The highest BCUT2D eigenvalue weighted by molar-refractivity contribution is 8.18. The summed E-state index contributed by atoms with van der Waals surface area (Å²) in [4.78, 5) is 16.6. The number of amidine groups is 1. The van der Waals surface area contributed by atoms with Gasteiger partial charge in [0.25, 0.3) is 5.91 Å². The number of thioether (sulfide) groups is 1. The second kappa shape index (κ2) is 6.11. The van der Waals surface area contributed by atoms with Gasteiger partial charge in [0.2, 0.25) is 0 Å². The molecule has 3 nitrogen and oxygen atoms in total. The van der Waals surface area contributed by atoms with E-state index >= 15 is 0 Å². The van der Waals surface area contributed by atoms with Gasteiger partial charge >= 0.3 is 0 Å². The van der Waals surface area contributed by atoms with Gasteiger partial charge in [-0.25, -0.2) is 13.8 Å². The van der Waals surface area contributed by atoms with Crippen molar-refractivity contribution in [2.24, 2.45) is 4.99 Å². The molecule has 0 aromatic heterocycles. The van der Waals surface area contributed by atoms with E-state index in [0.717, 1.165) is 29.6 Å². The Morgan fingerprint density at radius 3 is 2.55 bits per heavy atom. The van der Waals surface area contributed by atoms with Crippen molar-refractivity contribution in [3.8, 4) is 0 Å². The predicted octanol–water partition coefficient (Wildman–Crippen LogP) is 3.86. The topological polar surface area (TPSA) is 41.5 Å². The first-order valence-corrected chi connectivity index (χ1v) is 7.23. The molecule has 0 radical (unpaired) electrons. The van der Waals surface area contributed by atoms with Gasteiger partial charge in [-0.3, -0.25) is 4.79 Å². The lowest BCUT2D eigenvalue weighted by Gasteiger charge is -1.96. The predicted molar refractivity (Wildman–Crippen MR) is 83.6 cm³/mol. The standard InChI is InChI=1S/C16H10F2N2OS/c17-12-7-6-10(8-13(12)18)9-14-15(21)20-16(22-14)19-11-4-2-1-3-5-11/h1-9H,(H,19,20,21). The van der Waals surface area contributed by atoms with Crippen LogP contribution in [0.2, 0.25) is 0 Å². The fourth-order valence-electron chi connectivity index (χ4n) is 1.85. The Kier molecular flexibility index (Phi) is 4.02. The number of para-hydroxylation sites is 1. The molecule has 0 aliphatic carbocycles. The highest BCUT2D eigenvalue weighted by atomic mass is 32.2. The Balaban J connectivity index is 1.84. The zero-order valence-corrected chi connectivity index (χ0v) is 12.0. The number of halogens is 2. The SMILES string of the molecule is O=C1NC(=Nc2ccccc2)SC1=Cc1ccc(F)c(F)c1. The van der Waals surface area contributed by atoms with E-state index in [0.29, 0.717) is 15.6 Å². The monoisotopic (exact) mass is 316 g/mol. The van der Waals surface area contributed by atoms with Crippen LogP contribution in [-0.4, -0.2) is 11.1 Å². The second-order valence-corrected chi connectivity index (χ2v) is 5.52. The van der Waals surface area contributed by atoms with E-state index in [1.54, 1.807) is 0 Å². The highest BCUT2D eigenvalue weighted by Crippen LogP contribution is 2.28. The average Bonchev–Trinajstić information content (AvgIpc) is 2.84. The number of benzene rings is 2. The van der Waals surface area contributed by atoms with Crippen LogP contribution in [0, 0.1) is 11.6 Å². The zero-order valence-electron chi connectivity index (χ0n) is 11.2. The molecule has 1 fully saturated rings. The first-order valence-electron chi connectivity index (χ1n) is 6.41. The first kappa shape index (κ1) is 14.5. The van der Waals surface area contributed by atoms with Crippen LogP contribution in [-0.2, 0) is 4.79 Å². The van der Waals surface area contributed by atoms with Gasteiger partial charge in [-0.15, -0.1) is 0 Å². The van der Waals surface area contributed by atoms with Crippen LogP contribution in [0.1, 0.15) is 5.56 Å². The van der Waals surface area contributed by atoms with Crippen LogP contribution >= 0.6 is 11.8 Å². The van der Waals surface area contributed by atoms with E-state index in [1.807, 2.05) is 30.3 Å². The fraction of sp³-hybridized carbons (Fsp3) is 0. The molecule has 1 aliphatic heterocycles. The van der Waals surface area contributed by atoms with E-state index in [-0.39, 0.29) is 5.91 Å². The molecule has 0 unspecified atom stereocenters. The van der Waals surface area contributed by atoms with Gasteiger partial charge in [-0.1, -0.05) is 24.3 Å². The first-order chi connectivity index (χ1) is 10.6. The third-order valence-corrected chi connectivity index (χ3v) is 3.79. The van der Waals surface area contributed by atoms with Crippen LogP contribution in [0.3, 0.4) is 0 Å². The van der Waals surface area contributed by atoms with Crippen molar-refractivity contribution in [2.75, 3.05) is 0 Å². The largest absolute Gasteiger partial charge is 0.300 e. The third-order valence-electron chi connectivity index (χ3n) is 2.88. The summed E-state index contributed by atoms with van der Waals surface area (Å²) >= 11 is 1.15. The number of nitrogens with zero attached hydrogens (tertiary/aromatic N) is 1. The van der Waals surface area contributed by atoms with Crippen molar-refractivity contribution in [3.05, 3.63) is 70.6 Å². The van der Waals surface area contributed by atoms with E-state index < -0.39 is 11.6 Å². The van der Waals surface area contributed by atoms with Crippen LogP contribution in [0.25, 0.3) is 6.08 Å². The van der Waals surface area contributed by atoms with Crippen molar-refractivity contribution in [1.29, 1.82) is 0 Å². The normalized spacial score (nSPS) is 18.0. The quantitative estimate of drug-likeness (QED) is 0.855. The Labute approximate surface area is 129 Å². The van der Waals surface area contributed by atoms with E-state index in [1.165, 1.54) is 12.1 Å². The molecular weight excluding hydrogens is 306 g/mol. The van der Waals surface area contributed by atoms with E-state index in [2.05, 4.69) is 10.3 Å². The van der Waals surface area contributed by atoms with Gasteiger partial charge in [0, 0.05) is 0 Å². The van der Waals surface area contributed by atoms with Gasteiger partial charge in [0.15, 0.2) is 16.8 Å². The molecular formula is C16H10F2N2OS. The smallest absolute Gasteiger partial charge is 0.264 e. The summed E-state index contributed by atoms with van der Waals surface area (Å²) in [6, 6.07) is 12.7. The van der Waals surface area contributed by atoms with Crippen LogP contribution < -0.4 is 5.32 Å². The van der Waals surface area contributed by atoms with Gasteiger partial charge in [-0.2, -0.15) is 0 Å². The Hall–Kier alpha value is -2.47. The summed E-state index contributed by atoms with van der Waals surface area (Å²) in [5.74, 6) is -2.18. The number of carbonyl (C=O) groups is 1. The minimum absolute atomic E-state index is 0.315. The molecule has 2 aromatic rings. The number of rotatable bonds is 2. The second-order valence-electron chi connectivity index (χ2n) is 4.49. The lowest BCUT2D eigenvalue weighted by molar-refractivity contribution is -0.115. The van der Waals surface area contributed by atoms with Crippen molar-refractivity contribution in [2.45, 2.75) is 0 Å². The molecule has 0 bridgehead atoms. The molecule has 1 aliphatic rings. The van der Waals surface area contributed by atoms with Crippen LogP contribution in [0.4, 0.5) is 14.5 Å². The van der Waals surface area contributed by atoms with Crippen LogP contribution in [0.15, 0.2) is 58.4 Å². The van der Waals surface area contributed by atoms with Gasteiger partial charge in [0.05, 0.1) is 10.6 Å². The Morgan fingerprint density at radius 1 is 1.05 bits per heavy atom. The van der Waals surface area contributed by atoms with Crippen molar-refractivity contribution in [1.82, 2.24) is 5.32 Å². The minimum atomic E-state index is -0.948. The maximum atomic E-state index is 13.2. The molecule has 6 heteroatoms. The average molecular weight is 316 g/mol. The zero-order chi connectivity index (χ0) is 15.5. The highest BCUT2D eigenvalue weighted by Gasteiger charge is 2.23. The molecule has 110 valence electrons. The van der Waals surface area contributed by atoms with Gasteiger partial charge in [-0.05, 0) is 47.7 Å². The number of amides is 1. The molecule has 3 rings (SSSR count). The van der Waals surface area contributed by atoms with E-state index in [9.17, 15) is 13.6 Å². The summed E-state index contributed by atoms with van der Waals surface area (Å²) < 4.78 is 26.1. The van der Waals surface area contributed by atoms with Crippen molar-refractivity contribution < 1.29 is 13.6 Å². The molecule has 1 saturated heterocycles.